The van der Waals surface area contributed by atoms with E-state index in [1.54, 1.807) is 66.9 Å². The van der Waals surface area contributed by atoms with Crippen LogP contribution in [0.5, 0.6) is 0 Å². The van der Waals surface area contributed by atoms with Gasteiger partial charge in [-0.2, -0.15) is 54.0 Å². The van der Waals surface area contributed by atoms with E-state index >= 15 is 0 Å². The number of aliphatic hydroxyl groups excluding tert-OH is 2. The van der Waals surface area contributed by atoms with Crippen LogP contribution in [0.1, 0.15) is 108 Å². The van der Waals surface area contributed by atoms with Gasteiger partial charge in [-0.3, -0.25) is 9.97 Å². The topological polar surface area (TPSA) is 193 Å². The van der Waals surface area contributed by atoms with Crippen LogP contribution in [0.15, 0.2) is 145 Å². The summed E-state index contributed by atoms with van der Waals surface area (Å²) in [6.45, 7) is 7.35. The lowest BCUT2D eigenvalue weighted by Gasteiger charge is -2.29. The standard InChI is InChI=1S/C35H40ClN3O5S2.C25H26Cl2N2O4S2.C10H15NO.ClH.4H2S/c1-24(33(40)27-7-4-3-5-8-27)38(2)34(41)43-19-21-45-46-22-20-44-35(42)39-17-14-25(15-18-39)31-30-13-12-29(36)23-28(30)11-10-26-9-6-16-37-32(26)31;26-20-5-6-21-19(16-20)4-3-18-2-1-9-28-23(18)22(21)17-7-10-29(11-8-17)25(31)33-13-15-35-34-14-12-32-24(27)30;1-8(11-2)10(12)9-6-4-3-5-7-9;;;;;/h3-9,12-13,16,23-24,33,40H,10-11,14-15,17-22H2,1-2H3;1-2,5-6,9,16H,3-4,7-8,10-15H2;3-8,10-12H,1-2H3;1H;4*1H2/t24-,33+;;8-,10+;;;;;/m0.0...../s1. The molecule has 98 heavy (non-hydrogen) atoms. The summed E-state index contributed by atoms with van der Waals surface area (Å²) in [6, 6.07) is 39.1. The van der Waals surface area contributed by atoms with Crippen molar-refractivity contribution in [1.82, 2.24) is 30.0 Å². The normalized spacial score (nSPS) is 14.7. The van der Waals surface area contributed by atoms with Crippen LogP contribution in [0.25, 0.3) is 11.1 Å². The number of hydrogen-bond acceptors (Lipinski definition) is 17. The van der Waals surface area contributed by atoms with E-state index < -0.39 is 29.8 Å². The number of aromatic nitrogens is 2. The second-order valence-corrected chi connectivity index (χ2v) is 29.0. The van der Waals surface area contributed by atoms with Crippen molar-refractivity contribution >= 4 is 179 Å². The van der Waals surface area contributed by atoms with Crippen molar-refractivity contribution < 1.29 is 48.3 Å². The van der Waals surface area contributed by atoms with Crippen LogP contribution in [0.3, 0.4) is 0 Å². The molecule has 536 valence electrons. The fourth-order valence-corrected chi connectivity index (χ4v) is 15.0. The lowest BCUT2D eigenvalue weighted by Crippen LogP contribution is -2.39. The van der Waals surface area contributed by atoms with Crippen molar-refractivity contribution in [2.75, 3.05) is 89.7 Å². The molecule has 10 rings (SSSR count). The number of hydrogen-bond donors (Lipinski definition) is 3. The highest BCUT2D eigenvalue weighted by atomic mass is 35.5. The molecule has 0 bridgehead atoms. The molecule has 0 radical (unpaired) electrons. The highest BCUT2D eigenvalue weighted by molar-refractivity contribution is 8.77. The highest BCUT2D eigenvalue weighted by Gasteiger charge is 2.30. The molecular weight excluding hydrogens is 1480 g/mol. The fourth-order valence-electron chi connectivity index (χ4n) is 11.3. The first-order valence-corrected chi connectivity index (χ1v) is 37.3. The highest BCUT2D eigenvalue weighted by Crippen LogP contribution is 2.41. The number of carbonyl (C=O) groups is 4. The van der Waals surface area contributed by atoms with Crippen molar-refractivity contribution in [3.05, 3.63) is 211 Å². The number of fused-ring (bicyclic) bond motifs is 4. The number of rotatable bonds is 20. The Bertz CT molecular complexity index is 3510. The molecule has 16 nitrogen and oxygen atoms in total. The van der Waals surface area contributed by atoms with Gasteiger partial charge < -0.3 is 49.2 Å². The summed E-state index contributed by atoms with van der Waals surface area (Å²) < 4.78 is 21.1. The molecule has 4 aliphatic rings. The van der Waals surface area contributed by atoms with Crippen molar-refractivity contribution in [3.63, 3.8) is 0 Å². The summed E-state index contributed by atoms with van der Waals surface area (Å²) in [5.41, 5.74) is 15.4. The maximum atomic E-state index is 12.8. The summed E-state index contributed by atoms with van der Waals surface area (Å²) in [4.78, 5) is 62.8. The molecule has 2 saturated heterocycles. The maximum Gasteiger partial charge on any atom is 0.409 e. The number of halogens is 4. The number of aliphatic hydroxyl groups is 2. The second kappa shape index (κ2) is 46.4. The number of pyridine rings is 2. The first-order chi connectivity index (χ1) is 45.1. The van der Waals surface area contributed by atoms with Gasteiger partial charge in [0.25, 0.3) is 0 Å². The number of benzene rings is 4. The molecule has 2 aliphatic heterocycles. The zero-order valence-electron chi connectivity index (χ0n) is 55.2. The van der Waals surface area contributed by atoms with E-state index in [0.717, 1.165) is 83.9 Å². The van der Waals surface area contributed by atoms with Gasteiger partial charge in [0.1, 0.15) is 26.4 Å². The smallest absolute Gasteiger partial charge is 0.409 e. The predicted octanol–water partition coefficient (Wildman–Crippen LogP) is 16.3. The van der Waals surface area contributed by atoms with E-state index in [9.17, 15) is 29.4 Å². The van der Waals surface area contributed by atoms with E-state index in [1.807, 2.05) is 111 Å². The van der Waals surface area contributed by atoms with Crippen molar-refractivity contribution in [2.24, 2.45) is 0 Å². The summed E-state index contributed by atoms with van der Waals surface area (Å²) in [5, 5.41) is 24.8. The molecule has 2 aromatic heterocycles. The lowest BCUT2D eigenvalue weighted by molar-refractivity contribution is 0.0533. The van der Waals surface area contributed by atoms with Gasteiger partial charge in [-0.15, -0.1) is 12.4 Å². The number of piperidine rings is 2. The average Bonchev–Trinajstić information content (AvgIpc) is 1.54. The second-order valence-electron chi connectivity index (χ2n) is 22.4. The number of nitrogens with one attached hydrogen (secondary N) is 1. The third kappa shape index (κ3) is 26.2. The van der Waals surface area contributed by atoms with Crippen LogP contribution < -0.4 is 5.32 Å². The number of nitrogens with zero attached hydrogens (tertiary/aromatic N) is 5. The first kappa shape index (κ1) is 88.0. The zero-order valence-corrected chi connectivity index (χ0v) is 65.6. The van der Waals surface area contributed by atoms with Crippen LogP contribution in [-0.4, -0.2) is 160 Å². The number of carbonyl (C=O) groups excluding carboxylic acids is 4. The van der Waals surface area contributed by atoms with Gasteiger partial charge in [0.15, 0.2) is 0 Å². The van der Waals surface area contributed by atoms with Gasteiger partial charge in [0, 0.05) is 107 Å². The minimum absolute atomic E-state index is 0. The molecule has 2 aliphatic carbocycles. The average molecular weight is 1570 g/mol. The largest absolute Gasteiger partial charge is 0.453 e. The molecule has 6 aromatic rings. The van der Waals surface area contributed by atoms with Gasteiger partial charge in [-0.1, -0.05) is 162 Å². The van der Waals surface area contributed by atoms with Crippen molar-refractivity contribution in [1.29, 1.82) is 0 Å². The van der Waals surface area contributed by atoms with Gasteiger partial charge >= 0.3 is 23.7 Å². The van der Waals surface area contributed by atoms with Gasteiger partial charge in [-0.25, -0.2) is 19.2 Å². The Morgan fingerprint density at radius 2 is 0.908 bits per heavy atom. The van der Waals surface area contributed by atoms with Gasteiger partial charge in [0.05, 0.1) is 29.6 Å². The van der Waals surface area contributed by atoms with Gasteiger partial charge in [-0.05, 0) is 153 Å². The zero-order chi connectivity index (χ0) is 66.1. The molecule has 4 aromatic carbocycles. The number of likely N-dealkylation sites (N-methyl/N-ethyl adjacent to an activating group) is 2. The lowest BCUT2D eigenvalue weighted by atomic mass is 9.88. The third-order valence-electron chi connectivity index (χ3n) is 16.5. The first-order valence-electron chi connectivity index (χ1n) is 31.2. The fraction of sp³-hybridized carbons (Fsp3) is 0.400. The minimum Gasteiger partial charge on any atom is -0.453 e. The van der Waals surface area contributed by atoms with Crippen molar-refractivity contribution in [3.8, 4) is 0 Å². The van der Waals surface area contributed by atoms with Gasteiger partial charge in [0.2, 0.25) is 0 Å². The Labute approximate surface area is 642 Å². The summed E-state index contributed by atoms with van der Waals surface area (Å²) in [7, 11) is 9.71. The van der Waals surface area contributed by atoms with Crippen LogP contribution in [0.2, 0.25) is 10.0 Å². The number of aryl methyl sites for hydroxylation is 4. The van der Waals surface area contributed by atoms with E-state index in [1.165, 1.54) is 60.6 Å². The molecule has 0 spiro atoms. The predicted molar refractivity (Wildman–Crippen MR) is 428 cm³/mol. The Morgan fingerprint density at radius 3 is 1.31 bits per heavy atom. The molecule has 0 saturated carbocycles. The Hall–Kier alpha value is -4.22. The summed E-state index contributed by atoms with van der Waals surface area (Å²) in [5.74, 6) is 2.53. The maximum absolute atomic E-state index is 12.8. The Morgan fingerprint density at radius 1 is 0.531 bits per heavy atom. The molecule has 0 unspecified atom stereocenters. The molecule has 4 heterocycles. The van der Waals surface area contributed by atoms with Crippen LogP contribution >= 0.6 is 144 Å². The Kier molecular flexibility index (Phi) is 41.7. The van der Waals surface area contributed by atoms with Crippen LogP contribution in [0.4, 0.5) is 19.2 Å². The van der Waals surface area contributed by atoms with Crippen molar-refractivity contribution in [2.45, 2.75) is 89.5 Å². The van der Waals surface area contributed by atoms with Crippen LogP contribution in [0, 0.1) is 0 Å². The van der Waals surface area contributed by atoms with E-state index in [-0.39, 0.29) is 97.8 Å². The monoisotopic (exact) mass is 1570 g/mol. The summed E-state index contributed by atoms with van der Waals surface area (Å²) >= 11 is 17.8. The SMILES string of the molecule is CN[C@@H](C)[C@@H](O)c1ccccc1.C[C@@H]([C@@H](O)c1ccccc1)N(C)C(=O)OCCSSCCOC(=O)N1CCC(=C2c3ccc(Cl)cc3CCc3cccnc32)CC1.Cl.O=C(Cl)OCCSSCCOC(=O)N1CCC(=C2c3ccc(Cl)cc3CCc3cccnc32)CC1.S.S.S.S. The molecule has 3 N–H and O–H groups in total. The van der Waals surface area contributed by atoms with E-state index in [0.29, 0.717) is 62.4 Å². The molecule has 3 amide bonds. The Balaban J connectivity index is 0.000000426. The molecule has 2 fully saturated rings. The van der Waals surface area contributed by atoms with E-state index in [2.05, 4.69) is 46.5 Å². The summed E-state index contributed by atoms with van der Waals surface area (Å²) in [6.07, 6.45) is 8.25. The van der Waals surface area contributed by atoms with E-state index in [4.69, 9.17) is 59.0 Å². The third-order valence-corrected chi connectivity index (χ3v) is 21.8. The molecule has 4 atom stereocenters. The molecule has 28 heteroatoms. The minimum atomic E-state index is -0.802. The molecular formula is C70H90Cl4N6O10S8. The number of likely N-dealkylation sites (tertiary alicyclic amines) is 2. The number of ether oxygens (including phenoxy) is 4. The van der Waals surface area contributed by atoms with Crippen LogP contribution in [-0.2, 0) is 44.6 Å². The number of amides is 3. The quantitative estimate of drug-likeness (QED) is 0.0282.